The van der Waals surface area contributed by atoms with E-state index in [0.717, 1.165) is 11.3 Å². The zero-order valence-electron chi connectivity index (χ0n) is 10.7. The highest BCUT2D eigenvalue weighted by Crippen LogP contribution is 2.21. The van der Waals surface area contributed by atoms with Crippen LogP contribution in [0.2, 0.25) is 0 Å². The van der Waals surface area contributed by atoms with Crippen LogP contribution >= 0.6 is 0 Å². The maximum Gasteiger partial charge on any atom is 0.252 e. The summed E-state index contributed by atoms with van der Waals surface area (Å²) < 4.78 is 5.51. The topological polar surface area (TPSA) is 49.8 Å². The maximum atomic E-state index is 11.6. The highest BCUT2D eigenvalue weighted by atomic mass is 16.5. The highest BCUT2D eigenvalue weighted by molar-refractivity contribution is 5.82. The molecule has 1 N–H and O–H groups in total. The van der Waals surface area contributed by atoms with Gasteiger partial charge in [-0.3, -0.25) is 10.0 Å². The molecule has 4 nitrogen and oxygen atoms in total. The Bertz CT molecular complexity index is 371. The molecule has 94 valence electrons. The Morgan fingerprint density at radius 1 is 1.24 bits per heavy atom. The third kappa shape index (κ3) is 3.75. The van der Waals surface area contributed by atoms with Gasteiger partial charge in [0.15, 0.2) is 0 Å². The molecule has 0 radical (unpaired) electrons. The van der Waals surface area contributed by atoms with Gasteiger partial charge < -0.3 is 4.74 Å². The normalized spacial score (nSPS) is 12.4. The molecule has 17 heavy (non-hydrogen) atoms. The van der Waals surface area contributed by atoms with E-state index in [2.05, 4.69) is 0 Å². The Hall–Kier alpha value is -1.55. The van der Waals surface area contributed by atoms with Crippen LogP contribution in [-0.4, -0.2) is 29.3 Å². The summed E-state index contributed by atoms with van der Waals surface area (Å²) in [7, 11) is 1.33. The number of likely N-dealkylation sites (N-methyl/N-ethyl adjacent to an activating group) is 1. The van der Waals surface area contributed by atoms with Crippen LogP contribution in [0.3, 0.4) is 0 Å². The summed E-state index contributed by atoms with van der Waals surface area (Å²) in [5.74, 6) is 0.0846. The van der Waals surface area contributed by atoms with Crippen molar-refractivity contribution >= 4 is 5.91 Å². The van der Waals surface area contributed by atoms with E-state index >= 15 is 0 Å². The lowest BCUT2D eigenvalue weighted by atomic mass is 10.0. The minimum Gasteiger partial charge on any atom is -0.491 e. The number of amides is 1. The molecule has 1 aromatic rings. The molecule has 0 fully saturated rings. The van der Waals surface area contributed by atoms with Crippen LogP contribution in [0.25, 0.3) is 0 Å². The maximum absolute atomic E-state index is 11.6. The third-order valence-corrected chi connectivity index (χ3v) is 2.44. The largest absolute Gasteiger partial charge is 0.491 e. The molecule has 1 aromatic carbocycles. The van der Waals surface area contributed by atoms with E-state index in [0.29, 0.717) is 5.06 Å². The number of benzene rings is 1. The van der Waals surface area contributed by atoms with Gasteiger partial charge in [0.1, 0.15) is 5.75 Å². The molecule has 0 aliphatic heterocycles. The van der Waals surface area contributed by atoms with Crippen LogP contribution in [0.15, 0.2) is 24.3 Å². The predicted octanol–water partition coefficient (Wildman–Crippen LogP) is 2.42. The lowest BCUT2D eigenvalue weighted by molar-refractivity contribution is -0.160. The Balaban J connectivity index is 2.77. The van der Waals surface area contributed by atoms with E-state index in [1.165, 1.54) is 7.05 Å². The summed E-state index contributed by atoms with van der Waals surface area (Å²) in [5.41, 5.74) is 0.854. The van der Waals surface area contributed by atoms with Gasteiger partial charge in [-0.2, -0.15) is 0 Å². The molecule has 1 atom stereocenters. The summed E-state index contributed by atoms with van der Waals surface area (Å²) in [6.45, 7) is 5.68. The number of rotatable bonds is 4. The first kappa shape index (κ1) is 13.5. The molecule has 0 unspecified atom stereocenters. The van der Waals surface area contributed by atoms with E-state index in [-0.39, 0.29) is 17.9 Å². The average Bonchev–Trinajstić information content (AvgIpc) is 2.27. The summed E-state index contributed by atoms with van der Waals surface area (Å²) in [6, 6.07) is 7.33. The molecule has 0 saturated heterocycles. The minimum atomic E-state index is -0.363. The lowest BCUT2D eigenvalue weighted by Crippen LogP contribution is -2.27. The second-order valence-electron chi connectivity index (χ2n) is 4.32. The van der Waals surface area contributed by atoms with Crippen molar-refractivity contribution < 1.29 is 14.7 Å². The van der Waals surface area contributed by atoms with Gasteiger partial charge in [-0.05, 0) is 38.5 Å². The molecule has 0 aromatic heterocycles. The van der Waals surface area contributed by atoms with Crippen molar-refractivity contribution in [2.75, 3.05) is 7.05 Å². The summed E-state index contributed by atoms with van der Waals surface area (Å²) >= 11 is 0. The van der Waals surface area contributed by atoms with Gasteiger partial charge >= 0.3 is 0 Å². The average molecular weight is 237 g/mol. The Kier molecular flexibility index (Phi) is 4.52. The van der Waals surface area contributed by atoms with E-state index in [4.69, 9.17) is 9.94 Å². The van der Waals surface area contributed by atoms with Crippen molar-refractivity contribution in [1.29, 1.82) is 0 Å². The number of carbonyl (C=O) groups excluding carboxylic acids is 1. The first-order valence-corrected chi connectivity index (χ1v) is 5.65. The first-order chi connectivity index (χ1) is 7.91. The molecule has 4 heteroatoms. The molecule has 1 rings (SSSR count). The number of hydroxylamine groups is 2. The van der Waals surface area contributed by atoms with Gasteiger partial charge in [-0.25, -0.2) is 5.06 Å². The molecule has 0 bridgehead atoms. The van der Waals surface area contributed by atoms with Crippen LogP contribution in [0.1, 0.15) is 32.3 Å². The molecule has 0 heterocycles. The van der Waals surface area contributed by atoms with Gasteiger partial charge in [0, 0.05) is 7.05 Å². The fourth-order valence-electron chi connectivity index (χ4n) is 1.53. The first-order valence-electron chi connectivity index (χ1n) is 5.65. The van der Waals surface area contributed by atoms with E-state index in [1.807, 2.05) is 38.1 Å². The molecule has 1 amide bonds. The van der Waals surface area contributed by atoms with Crippen LogP contribution in [0, 0.1) is 0 Å². The van der Waals surface area contributed by atoms with Gasteiger partial charge in [0.2, 0.25) is 0 Å². The fraction of sp³-hybridized carbons (Fsp3) is 0.462. The second-order valence-corrected chi connectivity index (χ2v) is 4.32. The van der Waals surface area contributed by atoms with Gasteiger partial charge in [0.25, 0.3) is 5.91 Å². The van der Waals surface area contributed by atoms with E-state index in [9.17, 15) is 4.79 Å². The van der Waals surface area contributed by atoms with Crippen LogP contribution < -0.4 is 4.74 Å². The van der Waals surface area contributed by atoms with Crippen molar-refractivity contribution in [1.82, 2.24) is 5.06 Å². The van der Waals surface area contributed by atoms with Gasteiger partial charge in [-0.1, -0.05) is 12.1 Å². The molecule has 0 aliphatic rings. The van der Waals surface area contributed by atoms with Crippen LogP contribution in [0.5, 0.6) is 5.75 Å². The van der Waals surface area contributed by atoms with E-state index < -0.39 is 0 Å². The number of hydrogen-bond acceptors (Lipinski definition) is 3. The Morgan fingerprint density at radius 2 is 1.76 bits per heavy atom. The second kappa shape index (κ2) is 5.68. The molecule has 0 saturated carbocycles. The number of nitrogens with zero attached hydrogens (tertiary/aromatic N) is 1. The zero-order chi connectivity index (χ0) is 13.0. The predicted molar refractivity (Wildman–Crippen MR) is 65.2 cm³/mol. The monoisotopic (exact) mass is 237 g/mol. The zero-order valence-corrected chi connectivity index (χ0v) is 10.7. The fourth-order valence-corrected chi connectivity index (χ4v) is 1.53. The SMILES string of the molecule is CC(C)Oc1ccc([C@@H](C)C(=O)N(C)O)cc1. The van der Waals surface area contributed by atoms with E-state index in [1.54, 1.807) is 6.92 Å². The number of ether oxygens (including phenoxy) is 1. The summed E-state index contributed by atoms with van der Waals surface area (Å²) in [6.07, 6.45) is 0.128. The minimum absolute atomic E-state index is 0.128. The summed E-state index contributed by atoms with van der Waals surface area (Å²) in [4.78, 5) is 11.6. The molecular formula is C13H19NO3. The van der Waals surface area contributed by atoms with Crippen molar-refractivity contribution in [2.45, 2.75) is 32.8 Å². The lowest BCUT2D eigenvalue weighted by Gasteiger charge is -2.16. The van der Waals surface area contributed by atoms with Crippen LogP contribution in [-0.2, 0) is 4.79 Å². The number of carbonyl (C=O) groups is 1. The smallest absolute Gasteiger partial charge is 0.252 e. The highest BCUT2D eigenvalue weighted by Gasteiger charge is 2.18. The van der Waals surface area contributed by atoms with Crippen LogP contribution in [0.4, 0.5) is 0 Å². The summed E-state index contributed by atoms with van der Waals surface area (Å²) in [5, 5.41) is 9.70. The number of hydrogen-bond donors (Lipinski definition) is 1. The van der Waals surface area contributed by atoms with Crippen molar-refractivity contribution in [3.05, 3.63) is 29.8 Å². The van der Waals surface area contributed by atoms with Gasteiger partial charge in [-0.15, -0.1) is 0 Å². The molecule has 0 aliphatic carbocycles. The standard InChI is InChI=1S/C13H19NO3/c1-9(2)17-12-7-5-11(6-8-12)10(3)13(15)14(4)16/h5-10,16H,1-4H3/t10-/m1/s1. The molecule has 0 spiro atoms. The van der Waals surface area contributed by atoms with Gasteiger partial charge in [0.05, 0.1) is 12.0 Å². The third-order valence-electron chi connectivity index (χ3n) is 2.44. The molecular weight excluding hydrogens is 218 g/mol. The quantitative estimate of drug-likeness (QED) is 0.646. The van der Waals surface area contributed by atoms with Crippen molar-refractivity contribution in [3.63, 3.8) is 0 Å². The Labute approximate surface area is 102 Å². The van der Waals surface area contributed by atoms with Crippen molar-refractivity contribution in [2.24, 2.45) is 0 Å². The van der Waals surface area contributed by atoms with Crippen molar-refractivity contribution in [3.8, 4) is 5.75 Å². The Morgan fingerprint density at radius 3 is 2.18 bits per heavy atom.